The van der Waals surface area contributed by atoms with E-state index in [4.69, 9.17) is 5.11 Å². The highest BCUT2D eigenvalue weighted by Crippen LogP contribution is 2.10. The number of aryl methyl sites for hydroxylation is 1. The van der Waals surface area contributed by atoms with Gasteiger partial charge in [0.1, 0.15) is 5.69 Å². The Hall–Kier alpha value is -2.01. The SMILES string of the molecule is Cc1nc(-c2ccccn2)[nH]c(=O)c1CCO. The summed E-state index contributed by atoms with van der Waals surface area (Å²) in [7, 11) is 0. The van der Waals surface area contributed by atoms with E-state index in [1.54, 1.807) is 25.3 Å². The summed E-state index contributed by atoms with van der Waals surface area (Å²) in [5, 5.41) is 8.86. The van der Waals surface area contributed by atoms with Gasteiger partial charge in [-0.15, -0.1) is 0 Å². The van der Waals surface area contributed by atoms with Gasteiger partial charge in [-0.05, 0) is 19.1 Å². The van der Waals surface area contributed by atoms with Crippen LogP contribution in [0, 0.1) is 6.92 Å². The first-order chi connectivity index (χ1) is 8.22. The fourth-order valence-corrected chi connectivity index (χ4v) is 1.64. The van der Waals surface area contributed by atoms with Crippen molar-refractivity contribution in [2.45, 2.75) is 13.3 Å². The van der Waals surface area contributed by atoms with Crippen LogP contribution < -0.4 is 5.56 Å². The van der Waals surface area contributed by atoms with Crippen LogP contribution in [0.1, 0.15) is 11.3 Å². The first-order valence-electron chi connectivity index (χ1n) is 5.34. The zero-order chi connectivity index (χ0) is 12.3. The van der Waals surface area contributed by atoms with Crippen LogP contribution in [0.2, 0.25) is 0 Å². The van der Waals surface area contributed by atoms with Crippen molar-refractivity contribution >= 4 is 0 Å². The fourth-order valence-electron chi connectivity index (χ4n) is 1.64. The van der Waals surface area contributed by atoms with E-state index in [9.17, 15) is 4.79 Å². The van der Waals surface area contributed by atoms with Gasteiger partial charge in [-0.2, -0.15) is 0 Å². The Bertz CT molecular complexity index is 564. The second kappa shape index (κ2) is 4.88. The molecule has 2 N–H and O–H groups in total. The van der Waals surface area contributed by atoms with Crippen LogP contribution in [-0.2, 0) is 6.42 Å². The van der Waals surface area contributed by atoms with E-state index in [0.29, 0.717) is 29.2 Å². The van der Waals surface area contributed by atoms with Crippen molar-refractivity contribution in [2.24, 2.45) is 0 Å². The van der Waals surface area contributed by atoms with E-state index >= 15 is 0 Å². The molecule has 2 aromatic rings. The second-order valence-corrected chi connectivity index (χ2v) is 3.67. The molecule has 2 aromatic heterocycles. The average molecular weight is 231 g/mol. The maximum absolute atomic E-state index is 11.8. The number of H-pyrrole nitrogens is 1. The van der Waals surface area contributed by atoms with Crippen molar-refractivity contribution < 1.29 is 5.11 Å². The van der Waals surface area contributed by atoms with Crippen molar-refractivity contribution in [3.63, 3.8) is 0 Å². The number of aliphatic hydroxyl groups is 1. The molecule has 0 saturated carbocycles. The molecule has 5 heteroatoms. The number of aromatic nitrogens is 3. The predicted octanol–water partition coefficient (Wildman–Crippen LogP) is 0.675. The third-order valence-corrected chi connectivity index (χ3v) is 2.49. The lowest BCUT2D eigenvalue weighted by Crippen LogP contribution is -2.18. The number of nitrogens with one attached hydrogen (secondary N) is 1. The lowest BCUT2D eigenvalue weighted by atomic mass is 10.2. The molecule has 17 heavy (non-hydrogen) atoms. The summed E-state index contributed by atoms with van der Waals surface area (Å²) in [5.74, 6) is 0.454. The van der Waals surface area contributed by atoms with Crippen molar-refractivity contribution in [2.75, 3.05) is 6.61 Å². The Morgan fingerprint density at radius 1 is 1.41 bits per heavy atom. The normalized spacial score (nSPS) is 10.5. The summed E-state index contributed by atoms with van der Waals surface area (Å²) in [6, 6.07) is 5.41. The third-order valence-electron chi connectivity index (χ3n) is 2.49. The van der Waals surface area contributed by atoms with Gasteiger partial charge >= 0.3 is 0 Å². The smallest absolute Gasteiger partial charge is 0.254 e. The molecule has 88 valence electrons. The van der Waals surface area contributed by atoms with Gasteiger partial charge in [0.05, 0.1) is 0 Å². The molecule has 2 rings (SSSR count). The van der Waals surface area contributed by atoms with E-state index in [2.05, 4.69) is 15.0 Å². The Morgan fingerprint density at radius 2 is 2.24 bits per heavy atom. The Balaban J connectivity index is 2.50. The molecule has 0 aromatic carbocycles. The van der Waals surface area contributed by atoms with Crippen LogP contribution >= 0.6 is 0 Å². The van der Waals surface area contributed by atoms with Gasteiger partial charge in [0.25, 0.3) is 5.56 Å². The van der Waals surface area contributed by atoms with Crippen LogP contribution in [0.15, 0.2) is 29.2 Å². The standard InChI is InChI=1S/C12H13N3O2/c1-8-9(5-7-16)12(17)15-11(14-8)10-4-2-3-6-13-10/h2-4,6,16H,5,7H2,1H3,(H,14,15,17). The molecule has 0 aliphatic rings. The molecule has 0 radical (unpaired) electrons. The summed E-state index contributed by atoms with van der Waals surface area (Å²) in [5.41, 5.74) is 1.56. The maximum Gasteiger partial charge on any atom is 0.254 e. The van der Waals surface area contributed by atoms with E-state index in [-0.39, 0.29) is 12.2 Å². The Kier molecular flexibility index (Phi) is 3.30. The predicted molar refractivity (Wildman–Crippen MR) is 63.6 cm³/mol. The first kappa shape index (κ1) is 11.5. The summed E-state index contributed by atoms with van der Waals surface area (Å²) >= 11 is 0. The van der Waals surface area contributed by atoms with Crippen molar-refractivity contribution in [1.29, 1.82) is 0 Å². The molecule has 0 unspecified atom stereocenters. The van der Waals surface area contributed by atoms with Gasteiger partial charge < -0.3 is 10.1 Å². The number of rotatable bonds is 3. The minimum Gasteiger partial charge on any atom is -0.396 e. The molecule has 0 atom stereocenters. The minimum absolute atomic E-state index is 0.0610. The molecule has 0 saturated heterocycles. The number of hydrogen-bond acceptors (Lipinski definition) is 4. The second-order valence-electron chi connectivity index (χ2n) is 3.67. The number of aliphatic hydroxyl groups excluding tert-OH is 1. The Labute approximate surface area is 98.2 Å². The average Bonchev–Trinajstić information content (AvgIpc) is 2.35. The highest BCUT2D eigenvalue weighted by atomic mass is 16.3. The van der Waals surface area contributed by atoms with Crippen molar-refractivity contribution in [1.82, 2.24) is 15.0 Å². The van der Waals surface area contributed by atoms with Gasteiger partial charge in [0, 0.05) is 30.5 Å². The van der Waals surface area contributed by atoms with Crippen LogP contribution in [0.3, 0.4) is 0 Å². The van der Waals surface area contributed by atoms with Crippen LogP contribution in [-0.4, -0.2) is 26.7 Å². The zero-order valence-corrected chi connectivity index (χ0v) is 9.47. The molecule has 0 bridgehead atoms. The van der Waals surface area contributed by atoms with Gasteiger partial charge in [-0.3, -0.25) is 9.78 Å². The molecule has 0 aliphatic carbocycles. The van der Waals surface area contributed by atoms with Gasteiger partial charge in [-0.1, -0.05) is 6.07 Å². The molecule has 0 aliphatic heterocycles. The number of hydrogen-bond donors (Lipinski definition) is 2. The van der Waals surface area contributed by atoms with Crippen molar-refractivity contribution in [3.05, 3.63) is 46.0 Å². The summed E-state index contributed by atoms with van der Waals surface area (Å²) in [6.45, 7) is 1.70. The quantitative estimate of drug-likeness (QED) is 0.814. The van der Waals surface area contributed by atoms with E-state index in [1.165, 1.54) is 0 Å². The highest BCUT2D eigenvalue weighted by molar-refractivity contribution is 5.48. The minimum atomic E-state index is -0.216. The first-order valence-corrected chi connectivity index (χ1v) is 5.34. The lowest BCUT2D eigenvalue weighted by Gasteiger charge is -2.05. The number of pyridine rings is 1. The van der Waals surface area contributed by atoms with E-state index in [1.807, 2.05) is 6.07 Å². The lowest BCUT2D eigenvalue weighted by molar-refractivity contribution is 0.298. The van der Waals surface area contributed by atoms with Gasteiger partial charge in [-0.25, -0.2) is 4.98 Å². The molecular formula is C12H13N3O2. The largest absolute Gasteiger partial charge is 0.396 e. The highest BCUT2D eigenvalue weighted by Gasteiger charge is 2.09. The maximum atomic E-state index is 11.8. The van der Waals surface area contributed by atoms with Gasteiger partial charge in [0.15, 0.2) is 5.82 Å². The fraction of sp³-hybridized carbons (Fsp3) is 0.250. The molecule has 2 heterocycles. The summed E-state index contributed by atoms with van der Waals surface area (Å²) in [4.78, 5) is 22.9. The monoisotopic (exact) mass is 231 g/mol. The van der Waals surface area contributed by atoms with E-state index < -0.39 is 0 Å². The molecule has 0 amide bonds. The molecule has 0 spiro atoms. The van der Waals surface area contributed by atoms with Crippen LogP contribution in [0.5, 0.6) is 0 Å². The summed E-state index contributed by atoms with van der Waals surface area (Å²) in [6.07, 6.45) is 1.96. The zero-order valence-electron chi connectivity index (χ0n) is 9.47. The van der Waals surface area contributed by atoms with Crippen molar-refractivity contribution in [3.8, 4) is 11.5 Å². The Morgan fingerprint density at radius 3 is 2.82 bits per heavy atom. The summed E-state index contributed by atoms with van der Waals surface area (Å²) < 4.78 is 0. The molecule has 5 nitrogen and oxygen atoms in total. The third kappa shape index (κ3) is 2.39. The number of nitrogens with zero attached hydrogens (tertiary/aromatic N) is 2. The van der Waals surface area contributed by atoms with Crippen LogP contribution in [0.25, 0.3) is 11.5 Å². The van der Waals surface area contributed by atoms with E-state index in [0.717, 1.165) is 0 Å². The molecule has 0 fully saturated rings. The molecular weight excluding hydrogens is 218 g/mol. The number of aromatic amines is 1. The van der Waals surface area contributed by atoms with Crippen LogP contribution in [0.4, 0.5) is 0 Å². The van der Waals surface area contributed by atoms with Gasteiger partial charge in [0.2, 0.25) is 0 Å². The topological polar surface area (TPSA) is 78.9 Å².